The number of benzene rings is 29. The van der Waals surface area contributed by atoms with Crippen LogP contribution in [0.15, 0.2) is 546 Å². The Labute approximate surface area is 846 Å². The summed E-state index contributed by atoms with van der Waals surface area (Å²) in [5.74, 6) is 0. The summed E-state index contributed by atoms with van der Waals surface area (Å²) in [6.07, 6.45) is 0. The fourth-order valence-corrected chi connectivity index (χ4v) is 25.0. The van der Waals surface area contributed by atoms with Crippen LogP contribution in [0.25, 0.3) is 307 Å². The number of hydrogen-bond donors (Lipinski definition) is 0. The second-order valence-electron chi connectivity index (χ2n) is 39.2. The molecule has 0 nitrogen and oxygen atoms in total. The molecule has 0 atom stereocenters. The summed E-state index contributed by atoms with van der Waals surface area (Å²) in [4.78, 5) is 0. The lowest BCUT2D eigenvalue weighted by Crippen LogP contribution is -1.96. The van der Waals surface area contributed by atoms with Crippen LogP contribution in [0, 0.1) is 0 Å². The molecule has 0 unspecified atom stereocenters. The topological polar surface area (TPSA) is 0 Å². The Kier molecular flexibility index (Phi) is 19.8. The Bertz CT molecular complexity index is 9320. The average molecular weight is 1840 g/mol. The van der Waals surface area contributed by atoms with Crippen LogP contribution in [0.4, 0.5) is 0 Å². The highest BCUT2D eigenvalue weighted by molar-refractivity contribution is 6.27. The molecule has 0 aliphatic heterocycles. The fourth-order valence-electron chi connectivity index (χ4n) is 25.0. The third-order valence-corrected chi connectivity index (χ3v) is 31.4. The maximum absolute atomic E-state index is 2.56. The second-order valence-corrected chi connectivity index (χ2v) is 39.2. The van der Waals surface area contributed by atoms with Crippen molar-refractivity contribution in [3.05, 3.63) is 546 Å². The van der Waals surface area contributed by atoms with Crippen molar-refractivity contribution < 1.29 is 0 Å². The van der Waals surface area contributed by atoms with Crippen molar-refractivity contribution in [2.45, 2.75) is 0 Å². The highest BCUT2D eigenvalue weighted by Crippen LogP contribution is 2.56. The van der Waals surface area contributed by atoms with Gasteiger partial charge in [0, 0.05) is 0 Å². The number of hydrogen-bond acceptors (Lipinski definition) is 0. The molecule has 0 aliphatic carbocycles. The zero-order valence-corrected chi connectivity index (χ0v) is 80.0. The average Bonchev–Trinajstić information content (AvgIpc) is 0.711. The summed E-state index contributed by atoms with van der Waals surface area (Å²) < 4.78 is 0. The molecule has 0 saturated carbocycles. The smallest absolute Gasteiger partial charge is 0.00204 e. The molecule has 0 bridgehead atoms. The number of fused-ring (bicyclic) bond motifs is 14. The van der Waals surface area contributed by atoms with Crippen molar-refractivity contribution >= 4 is 151 Å². The molecule has 0 spiro atoms. The zero-order chi connectivity index (χ0) is 96.0. The van der Waals surface area contributed by atoms with Gasteiger partial charge in [-0.25, -0.2) is 0 Å². The van der Waals surface area contributed by atoms with Crippen molar-refractivity contribution in [1.29, 1.82) is 0 Å². The molecule has 29 rings (SSSR count). The van der Waals surface area contributed by atoms with Gasteiger partial charge in [0.1, 0.15) is 0 Å². The molecular formula is C146H90. The van der Waals surface area contributed by atoms with Gasteiger partial charge in [0.15, 0.2) is 0 Å². The van der Waals surface area contributed by atoms with Crippen LogP contribution in [-0.4, -0.2) is 0 Å². The lowest BCUT2D eigenvalue weighted by molar-refractivity contribution is 1.59. The Morgan fingerprint density at radius 1 is 0.0753 bits per heavy atom. The van der Waals surface area contributed by atoms with E-state index in [-0.39, 0.29) is 0 Å². The Morgan fingerprint density at radius 2 is 0.199 bits per heavy atom. The molecule has 0 fully saturated rings. The van der Waals surface area contributed by atoms with E-state index < -0.39 is 0 Å². The predicted octanol–water partition coefficient (Wildman–Crippen LogP) is 41.2. The minimum Gasteiger partial charge on any atom is -0.0616 e. The maximum atomic E-state index is 2.56. The molecule has 146 heavy (non-hydrogen) atoms. The van der Waals surface area contributed by atoms with Crippen molar-refractivity contribution in [2.24, 2.45) is 0 Å². The van der Waals surface area contributed by atoms with E-state index in [9.17, 15) is 0 Å². The summed E-state index contributed by atoms with van der Waals surface area (Å²) in [6.45, 7) is 0. The van der Waals surface area contributed by atoms with Crippen LogP contribution >= 0.6 is 0 Å². The van der Waals surface area contributed by atoms with Crippen LogP contribution in [-0.2, 0) is 0 Å². The first kappa shape index (κ1) is 83.9. The van der Waals surface area contributed by atoms with E-state index in [1.165, 1.54) is 218 Å². The first-order valence-corrected chi connectivity index (χ1v) is 50.8. The van der Waals surface area contributed by atoms with E-state index in [4.69, 9.17) is 0 Å². The van der Waals surface area contributed by atoms with Crippen LogP contribution in [0.3, 0.4) is 0 Å². The lowest BCUT2D eigenvalue weighted by Gasteiger charge is -2.23. The van der Waals surface area contributed by atoms with Gasteiger partial charge in [-0.1, -0.05) is 510 Å². The van der Waals surface area contributed by atoms with Gasteiger partial charge in [-0.05, 0) is 343 Å². The van der Waals surface area contributed by atoms with E-state index in [0.29, 0.717) is 0 Å². The van der Waals surface area contributed by atoms with Crippen molar-refractivity contribution in [3.8, 4) is 156 Å². The van der Waals surface area contributed by atoms with Gasteiger partial charge in [0.05, 0.1) is 0 Å². The molecule has 0 aromatic heterocycles. The van der Waals surface area contributed by atoms with Crippen LogP contribution in [0.1, 0.15) is 0 Å². The standard InChI is InChI=1S/C146H90/c1-9-49-105-91(33-1)41-21-65-117(105)125-77-81-137(121-69-25-45-95-37-5-13-53-109(95)121)143-113(61-29-73-129(125)143)99-85-100(114-62-30-74-130-126(118-66-22-42-92-34-2-10-50-106(92)118)78-82-138(144(114)130)122-70-26-46-96-38-6-14-54-110(96)122)88-103(87-99)141-133-57-17-19-59-135(133)142(136-60-20-18-58-134(136)141)104-89-101(115-63-31-75-131-127(119-67-23-43-93-35-3-11-51-107(93)119)79-83-139(145(115)131)123-71-27-47-97-39-7-15-55-111(97)123)86-102(90-104)116-64-32-76-132-128(120-68-24-44-94-36-4-12-52-108(94)120)80-84-140(146(116)132)124-72-28-48-98-40-8-16-56-112(98)124/h1-90H. The normalized spacial score (nSPS) is 11.8. The third-order valence-electron chi connectivity index (χ3n) is 31.4. The maximum Gasteiger partial charge on any atom is -0.00204 e. The van der Waals surface area contributed by atoms with E-state index >= 15 is 0 Å². The lowest BCUT2D eigenvalue weighted by atomic mass is 9.80. The highest BCUT2D eigenvalue weighted by Gasteiger charge is 2.29. The first-order chi connectivity index (χ1) is 72.5. The van der Waals surface area contributed by atoms with E-state index in [1.54, 1.807) is 0 Å². The largest absolute Gasteiger partial charge is 0.0616 e. The van der Waals surface area contributed by atoms with Gasteiger partial charge >= 0.3 is 0 Å². The van der Waals surface area contributed by atoms with Gasteiger partial charge in [0.2, 0.25) is 0 Å². The van der Waals surface area contributed by atoms with Gasteiger partial charge in [-0.15, -0.1) is 0 Å². The third kappa shape index (κ3) is 13.7. The Hall–Kier alpha value is -19.0. The molecule has 29 aromatic rings. The predicted molar refractivity (Wildman–Crippen MR) is 628 cm³/mol. The summed E-state index contributed by atoms with van der Waals surface area (Å²) in [5.41, 5.74) is 32.4. The summed E-state index contributed by atoms with van der Waals surface area (Å²) in [7, 11) is 0. The van der Waals surface area contributed by atoms with Gasteiger partial charge in [-0.3, -0.25) is 0 Å². The molecule has 0 N–H and O–H groups in total. The zero-order valence-electron chi connectivity index (χ0n) is 80.0. The molecule has 0 radical (unpaired) electrons. The van der Waals surface area contributed by atoms with Crippen molar-refractivity contribution in [2.75, 3.05) is 0 Å². The van der Waals surface area contributed by atoms with Gasteiger partial charge in [0.25, 0.3) is 0 Å². The monoisotopic (exact) mass is 1840 g/mol. The minimum atomic E-state index is 1.10. The van der Waals surface area contributed by atoms with Gasteiger partial charge < -0.3 is 0 Å². The first-order valence-electron chi connectivity index (χ1n) is 50.8. The van der Waals surface area contributed by atoms with Crippen molar-refractivity contribution in [1.82, 2.24) is 0 Å². The highest BCUT2D eigenvalue weighted by atomic mass is 14.3. The summed E-state index contributed by atoms with van der Waals surface area (Å²) in [5, 5.41) is 33.3. The van der Waals surface area contributed by atoms with Crippen molar-refractivity contribution in [3.63, 3.8) is 0 Å². The fraction of sp³-hybridized carbons (Fsp3) is 0. The quantitative estimate of drug-likeness (QED) is 0.0952. The second kappa shape index (κ2) is 34.5. The number of rotatable bonds is 14. The van der Waals surface area contributed by atoms with Crippen LogP contribution < -0.4 is 0 Å². The van der Waals surface area contributed by atoms with Crippen LogP contribution in [0.5, 0.6) is 0 Å². The van der Waals surface area contributed by atoms with Gasteiger partial charge in [-0.2, -0.15) is 0 Å². The SMILES string of the molecule is c1ccc2c(-c3ccc(-c4cccc5ccccc45)c4c(-c5cc(-c6c7ccccc7c(-c7cc(-c8cccc9c(-c%10cccc%11ccccc%10%11)ccc(-c%10cccc%11ccccc%10%11)c89)cc(-c8cccc9c(-c%10cccc%11ccccc%10%11)ccc(-c%10cccc%11ccccc%10%11)c89)c7)c7ccccc67)cc(-c6cccc7c(-c8cccc9ccccc89)ccc(-c8cccc9ccccc89)c67)c5)cccc34)cccc2c1. The molecule has 29 aromatic carbocycles. The van der Waals surface area contributed by atoms with E-state index in [1.807, 2.05) is 0 Å². The molecule has 0 amide bonds. The summed E-state index contributed by atoms with van der Waals surface area (Å²) in [6, 6.07) is 208. The molecule has 0 heteroatoms. The molecular weight excluding hydrogens is 1750 g/mol. The Morgan fingerprint density at radius 3 is 0.390 bits per heavy atom. The van der Waals surface area contributed by atoms with Crippen LogP contribution in [0.2, 0.25) is 0 Å². The molecule has 0 aliphatic rings. The summed E-state index contributed by atoms with van der Waals surface area (Å²) >= 11 is 0. The Balaban J connectivity index is 0.743. The molecule has 0 saturated heterocycles. The minimum absolute atomic E-state index is 1.10. The molecule has 0 heterocycles. The van der Waals surface area contributed by atoms with E-state index in [0.717, 1.165) is 88.3 Å². The van der Waals surface area contributed by atoms with E-state index in [2.05, 4.69) is 546 Å². The molecule has 674 valence electrons.